The summed E-state index contributed by atoms with van der Waals surface area (Å²) in [5.74, 6) is 1.28. The molecule has 0 radical (unpaired) electrons. The molecule has 0 heterocycles. The van der Waals surface area contributed by atoms with Crippen LogP contribution in [-0.2, 0) is 6.42 Å². The van der Waals surface area contributed by atoms with E-state index in [9.17, 15) is 9.90 Å². The third kappa shape index (κ3) is 3.00. The van der Waals surface area contributed by atoms with Crippen LogP contribution >= 0.6 is 0 Å². The lowest BCUT2D eigenvalue weighted by Crippen LogP contribution is -1.99. The Kier molecular flexibility index (Phi) is 4.56. The van der Waals surface area contributed by atoms with E-state index < -0.39 is 0 Å². The summed E-state index contributed by atoms with van der Waals surface area (Å²) in [5, 5.41) is 9.68. The van der Waals surface area contributed by atoms with Gasteiger partial charge in [-0.3, -0.25) is 4.79 Å². The number of carbonyl (C=O) groups is 1. The average molecular weight is 324 g/mol. The molecule has 2 aromatic carbocycles. The van der Waals surface area contributed by atoms with Gasteiger partial charge in [-0.1, -0.05) is 25.1 Å². The first kappa shape index (κ1) is 16.1. The van der Waals surface area contributed by atoms with Gasteiger partial charge < -0.3 is 14.6 Å². The molecule has 124 valence electrons. The zero-order chi connectivity index (χ0) is 17.1. The van der Waals surface area contributed by atoms with Crippen molar-refractivity contribution in [2.24, 2.45) is 0 Å². The molecule has 0 spiro atoms. The molecule has 0 atom stereocenters. The first-order valence-electron chi connectivity index (χ1n) is 8.01. The second kappa shape index (κ2) is 6.79. The number of allylic oxidation sites excluding steroid dienone is 1. The van der Waals surface area contributed by atoms with Crippen molar-refractivity contribution in [2.45, 2.75) is 19.8 Å². The zero-order valence-electron chi connectivity index (χ0n) is 13.8. The monoisotopic (exact) mass is 324 g/mol. The third-order valence-electron chi connectivity index (χ3n) is 4.04. The van der Waals surface area contributed by atoms with Crippen LogP contribution in [0, 0.1) is 0 Å². The SMILES string of the molecule is CCCOc1cccc2c1C/C(=C\c1ccc(O)c(OC)c1)C2=O. The largest absolute Gasteiger partial charge is 0.504 e. The highest BCUT2D eigenvalue weighted by Crippen LogP contribution is 2.35. The van der Waals surface area contributed by atoms with Gasteiger partial charge in [-0.25, -0.2) is 0 Å². The highest BCUT2D eigenvalue weighted by atomic mass is 16.5. The summed E-state index contributed by atoms with van der Waals surface area (Å²) in [5.41, 5.74) is 3.19. The third-order valence-corrected chi connectivity index (χ3v) is 4.04. The quantitative estimate of drug-likeness (QED) is 0.844. The fraction of sp³-hybridized carbons (Fsp3) is 0.250. The maximum atomic E-state index is 12.6. The van der Waals surface area contributed by atoms with E-state index in [0.29, 0.717) is 29.9 Å². The summed E-state index contributed by atoms with van der Waals surface area (Å²) in [4.78, 5) is 12.6. The van der Waals surface area contributed by atoms with Gasteiger partial charge >= 0.3 is 0 Å². The van der Waals surface area contributed by atoms with Gasteiger partial charge in [-0.05, 0) is 36.3 Å². The molecule has 2 aromatic rings. The smallest absolute Gasteiger partial charge is 0.189 e. The van der Waals surface area contributed by atoms with E-state index in [-0.39, 0.29) is 11.5 Å². The molecule has 0 saturated carbocycles. The molecule has 1 N–H and O–H groups in total. The van der Waals surface area contributed by atoms with E-state index in [4.69, 9.17) is 9.47 Å². The molecule has 4 heteroatoms. The van der Waals surface area contributed by atoms with E-state index in [1.807, 2.05) is 24.3 Å². The fourth-order valence-corrected chi connectivity index (χ4v) is 2.85. The number of ketones is 1. The Bertz CT molecular complexity index is 805. The lowest BCUT2D eigenvalue weighted by Gasteiger charge is -2.08. The van der Waals surface area contributed by atoms with E-state index in [1.54, 1.807) is 18.2 Å². The molecule has 0 fully saturated rings. The number of rotatable bonds is 5. The number of benzene rings is 2. The molecule has 0 unspecified atom stereocenters. The van der Waals surface area contributed by atoms with Gasteiger partial charge in [0.1, 0.15) is 5.75 Å². The van der Waals surface area contributed by atoms with Crippen LogP contribution in [0.25, 0.3) is 6.08 Å². The van der Waals surface area contributed by atoms with Gasteiger partial charge in [0.2, 0.25) is 0 Å². The molecule has 24 heavy (non-hydrogen) atoms. The van der Waals surface area contributed by atoms with E-state index in [2.05, 4.69) is 6.92 Å². The molecule has 0 bridgehead atoms. The minimum absolute atomic E-state index is 0.0268. The number of hydrogen-bond acceptors (Lipinski definition) is 4. The van der Waals surface area contributed by atoms with Crippen molar-refractivity contribution in [3.8, 4) is 17.2 Å². The minimum Gasteiger partial charge on any atom is -0.504 e. The first-order chi connectivity index (χ1) is 11.6. The Morgan fingerprint density at radius 2 is 2.04 bits per heavy atom. The van der Waals surface area contributed by atoms with Crippen LogP contribution in [-0.4, -0.2) is 24.6 Å². The number of phenolic OH excluding ortho intramolecular Hbond substituents is 1. The Labute approximate surface area is 141 Å². The van der Waals surface area contributed by atoms with Crippen LogP contribution in [0.5, 0.6) is 17.2 Å². The lowest BCUT2D eigenvalue weighted by molar-refractivity contribution is 0.104. The average Bonchev–Trinajstić information content (AvgIpc) is 2.91. The van der Waals surface area contributed by atoms with Crippen molar-refractivity contribution in [3.63, 3.8) is 0 Å². The molecule has 1 aliphatic rings. The maximum absolute atomic E-state index is 12.6. The number of methoxy groups -OCH3 is 1. The van der Waals surface area contributed by atoms with Gasteiger partial charge in [-0.2, -0.15) is 0 Å². The summed E-state index contributed by atoms with van der Waals surface area (Å²) in [6.07, 6.45) is 3.32. The van der Waals surface area contributed by atoms with Crippen LogP contribution in [0.15, 0.2) is 42.0 Å². The van der Waals surface area contributed by atoms with Gasteiger partial charge in [0.25, 0.3) is 0 Å². The van der Waals surface area contributed by atoms with Crippen LogP contribution in [0.1, 0.15) is 34.8 Å². The Hall–Kier alpha value is -2.75. The number of phenols is 1. The molecule has 0 amide bonds. The predicted molar refractivity (Wildman–Crippen MR) is 92.9 cm³/mol. The molecule has 4 nitrogen and oxygen atoms in total. The van der Waals surface area contributed by atoms with Crippen molar-refractivity contribution < 1.29 is 19.4 Å². The lowest BCUT2D eigenvalue weighted by atomic mass is 10.1. The minimum atomic E-state index is 0.0268. The molecule has 0 aliphatic heterocycles. The fourth-order valence-electron chi connectivity index (χ4n) is 2.85. The van der Waals surface area contributed by atoms with Gasteiger partial charge in [0.15, 0.2) is 17.3 Å². The van der Waals surface area contributed by atoms with Crippen molar-refractivity contribution in [3.05, 3.63) is 58.7 Å². The maximum Gasteiger partial charge on any atom is 0.189 e. The van der Waals surface area contributed by atoms with Crippen LogP contribution < -0.4 is 9.47 Å². The van der Waals surface area contributed by atoms with E-state index >= 15 is 0 Å². The molecular formula is C20H20O4. The second-order valence-electron chi connectivity index (χ2n) is 5.74. The Morgan fingerprint density at radius 3 is 2.79 bits per heavy atom. The first-order valence-corrected chi connectivity index (χ1v) is 8.01. The summed E-state index contributed by atoms with van der Waals surface area (Å²) in [7, 11) is 1.50. The molecular weight excluding hydrogens is 304 g/mol. The Morgan fingerprint density at radius 1 is 1.21 bits per heavy atom. The number of hydrogen-bond donors (Lipinski definition) is 1. The number of carbonyl (C=O) groups excluding carboxylic acids is 1. The summed E-state index contributed by atoms with van der Waals surface area (Å²) >= 11 is 0. The number of ether oxygens (including phenoxy) is 2. The number of aromatic hydroxyl groups is 1. The zero-order valence-corrected chi connectivity index (χ0v) is 13.8. The molecule has 3 rings (SSSR count). The summed E-state index contributed by atoms with van der Waals surface area (Å²) in [6.45, 7) is 2.69. The topological polar surface area (TPSA) is 55.8 Å². The summed E-state index contributed by atoms with van der Waals surface area (Å²) in [6, 6.07) is 10.6. The molecule has 0 aromatic heterocycles. The normalized spacial score (nSPS) is 14.8. The highest BCUT2D eigenvalue weighted by Gasteiger charge is 2.27. The van der Waals surface area contributed by atoms with Crippen molar-refractivity contribution in [1.29, 1.82) is 0 Å². The van der Waals surface area contributed by atoms with Crippen LogP contribution in [0.4, 0.5) is 0 Å². The molecule has 0 saturated heterocycles. The van der Waals surface area contributed by atoms with Crippen molar-refractivity contribution in [1.82, 2.24) is 0 Å². The van der Waals surface area contributed by atoms with Gasteiger partial charge in [0, 0.05) is 23.1 Å². The van der Waals surface area contributed by atoms with Crippen LogP contribution in [0.3, 0.4) is 0 Å². The molecule has 1 aliphatic carbocycles. The van der Waals surface area contributed by atoms with E-state index in [0.717, 1.165) is 23.3 Å². The van der Waals surface area contributed by atoms with Crippen molar-refractivity contribution >= 4 is 11.9 Å². The van der Waals surface area contributed by atoms with Crippen molar-refractivity contribution in [2.75, 3.05) is 13.7 Å². The standard InChI is InChI=1S/C20H20O4/c1-3-9-24-18-6-4-5-15-16(18)12-14(20(15)22)10-13-7-8-17(21)19(11-13)23-2/h4-8,10-11,21H,3,9,12H2,1-2H3/b14-10+. The second-order valence-corrected chi connectivity index (χ2v) is 5.74. The van der Waals surface area contributed by atoms with Gasteiger partial charge in [-0.15, -0.1) is 0 Å². The van der Waals surface area contributed by atoms with E-state index in [1.165, 1.54) is 7.11 Å². The number of fused-ring (bicyclic) bond motifs is 1. The van der Waals surface area contributed by atoms with Crippen LogP contribution in [0.2, 0.25) is 0 Å². The van der Waals surface area contributed by atoms with Gasteiger partial charge in [0.05, 0.1) is 13.7 Å². The predicted octanol–water partition coefficient (Wildman–Crippen LogP) is 4.01. The Balaban J connectivity index is 1.93. The number of Topliss-reactive ketones (excluding diaryl/α,β-unsaturated/α-hetero) is 1. The summed E-state index contributed by atoms with van der Waals surface area (Å²) < 4.78 is 10.9. The highest BCUT2D eigenvalue weighted by molar-refractivity contribution is 6.16.